The summed E-state index contributed by atoms with van der Waals surface area (Å²) in [6.07, 6.45) is 5.85. The van der Waals surface area contributed by atoms with Crippen molar-refractivity contribution in [3.05, 3.63) is 6.20 Å². The van der Waals surface area contributed by atoms with Gasteiger partial charge < -0.3 is 19.7 Å². The van der Waals surface area contributed by atoms with E-state index < -0.39 is 0 Å². The van der Waals surface area contributed by atoms with Gasteiger partial charge in [0, 0.05) is 32.0 Å². The smallest absolute Gasteiger partial charge is 0.247 e. The monoisotopic (exact) mass is 277 g/mol. The van der Waals surface area contributed by atoms with Gasteiger partial charge in [0.1, 0.15) is 0 Å². The zero-order valence-corrected chi connectivity index (χ0v) is 11.4. The third-order valence-corrected chi connectivity index (χ3v) is 4.10. The molecule has 0 bridgehead atoms. The molecule has 7 heteroatoms. The molecule has 1 saturated carbocycles. The molecule has 20 heavy (non-hydrogen) atoms. The molecule has 1 aliphatic carbocycles. The molecule has 3 heterocycles. The van der Waals surface area contributed by atoms with Crippen LogP contribution in [-0.4, -0.2) is 53.3 Å². The molecule has 3 fully saturated rings. The van der Waals surface area contributed by atoms with Gasteiger partial charge in [-0.05, 0) is 12.8 Å². The van der Waals surface area contributed by atoms with Crippen molar-refractivity contribution >= 4 is 11.8 Å². The molecule has 0 amide bonds. The van der Waals surface area contributed by atoms with E-state index in [1.807, 2.05) is 0 Å². The largest absolute Gasteiger partial charge is 0.366 e. The Bertz CT molecular complexity index is 477. The molecule has 108 valence electrons. The predicted molar refractivity (Wildman–Crippen MR) is 72.6 cm³/mol. The first-order valence-corrected chi connectivity index (χ1v) is 7.32. The minimum Gasteiger partial charge on any atom is -0.366 e. The first-order chi connectivity index (χ1) is 9.83. The second-order valence-corrected chi connectivity index (χ2v) is 5.65. The molecule has 4 rings (SSSR count). The van der Waals surface area contributed by atoms with E-state index in [2.05, 4.69) is 25.4 Å². The number of rotatable bonds is 3. The summed E-state index contributed by atoms with van der Waals surface area (Å²) < 4.78 is 11.5. The third kappa shape index (κ3) is 2.43. The maximum absolute atomic E-state index is 5.73. The van der Waals surface area contributed by atoms with Crippen LogP contribution in [0.2, 0.25) is 0 Å². The summed E-state index contributed by atoms with van der Waals surface area (Å²) in [4.78, 5) is 6.71. The van der Waals surface area contributed by atoms with Crippen molar-refractivity contribution in [2.45, 2.75) is 37.5 Å². The molecule has 0 atom stereocenters. The van der Waals surface area contributed by atoms with Crippen LogP contribution in [0.25, 0.3) is 0 Å². The average molecular weight is 277 g/mol. The van der Waals surface area contributed by atoms with Crippen molar-refractivity contribution in [3.63, 3.8) is 0 Å². The number of anilines is 2. The van der Waals surface area contributed by atoms with E-state index >= 15 is 0 Å². The number of piperidine rings is 1. The molecule has 1 spiro atoms. The second kappa shape index (κ2) is 4.82. The van der Waals surface area contributed by atoms with E-state index in [-0.39, 0.29) is 5.79 Å². The van der Waals surface area contributed by atoms with Crippen LogP contribution >= 0.6 is 0 Å². The van der Waals surface area contributed by atoms with E-state index in [0.29, 0.717) is 25.2 Å². The molecule has 0 aromatic carbocycles. The summed E-state index contributed by atoms with van der Waals surface area (Å²) in [5, 5.41) is 11.6. The van der Waals surface area contributed by atoms with E-state index in [1.54, 1.807) is 6.20 Å². The van der Waals surface area contributed by atoms with Crippen LogP contribution in [0.4, 0.5) is 11.8 Å². The lowest BCUT2D eigenvalue weighted by molar-refractivity contribution is -0.169. The fourth-order valence-corrected chi connectivity index (χ4v) is 2.77. The summed E-state index contributed by atoms with van der Waals surface area (Å²) in [7, 11) is 0. The van der Waals surface area contributed by atoms with Crippen molar-refractivity contribution in [3.8, 4) is 0 Å². The molecule has 2 saturated heterocycles. The van der Waals surface area contributed by atoms with E-state index in [0.717, 1.165) is 31.7 Å². The minimum absolute atomic E-state index is 0.353. The molecule has 1 N–H and O–H groups in total. The molecule has 2 aliphatic heterocycles. The van der Waals surface area contributed by atoms with Gasteiger partial charge in [0.05, 0.1) is 19.4 Å². The summed E-state index contributed by atoms with van der Waals surface area (Å²) >= 11 is 0. The Morgan fingerprint density at radius 3 is 2.65 bits per heavy atom. The number of hydrogen-bond donors (Lipinski definition) is 1. The maximum Gasteiger partial charge on any atom is 0.247 e. The standard InChI is InChI=1S/C13H19N5O2/c1-2-10(1)15-11-9-14-17-12(16-11)18-5-3-13(4-6-18)19-7-8-20-13/h9-10H,1-8H2,(H,15,16,17). The Hall–Kier alpha value is -1.47. The maximum atomic E-state index is 5.73. The summed E-state index contributed by atoms with van der Waals surface area (Å²) in [6, 6.07) is 0.574. The highest BCUT2D eigenvalue weighted by atomic mass is 16.7. The zero-order valence-electron chi connectivity index (χ0n) is 11.4. The SMILES string of the molecule is c1nnc(N2CCC3(CC2)OCCO3)nc1NC1CC1. The molecule has 1 aromatic rings. The van der Waals surface area contributed by atoms with Gasteiger partial charge in [-0.2, -0.15) is 10.1 Å². The van der Waals surface area contributed by atoms with E-state index in [9.17, 15) is 0 Å². The molecular formula is C13H19N5O2. The predicted octanol–water partition coefficient (Wildman–Crippen LogP) is 0.789. The molecular weight excluding hydrogens is 258 g/mol. The van der Waals surface area contributed by atoms with Crippen molar-refractivity contribution in [1.82, 2.24) is 15.2 Å². The molecule has 1 aromatic heterocycles. The van der Waals surface area contributed by atoms with Crippen molar-refractivity contribution < 1.29 is 9.47 Å². The van der Waals surface area contributed by atoms with Crippen LogP contribution in [0.1, 0.15) is 25.7 Å². The normalized spacial score (nSPS) is 25.1. The molecule has 7 nitrogen and oxygen atoms in total. The topological polar surface area (TPSA) is 72.4 Å². The lowest BCUT2D eigenvalue weighted by Gasteiger charge is -2.37. The van der Waals surface area contributed by atoms with Gasteiger partial charge in [-0.25, -0.2) is 0 Å². The van der Waals surface area contributed by atoms with E-state index in [4.69, 9.17) is 9.47 Å². The van der Waals surface area contributed by atoms with Gasteiger partial charge in [-0.15, -0.1) is 5.10 Å². The van der Waals surface area contributed by atoms with Crippen LogP contribution in [0.15, 0.2) is 6.20 Å². The Morgan fingerprint density at radius 2 is 1.95 bits per heavy atom. The highest BCUT2D eigenvalue weighted by Gasteiger charge is 2.40. The minimum atomic E-state index is -0.353. The second-order valence-electron chi connectivity index (χ2n) is 5.65. The molecule has 3 aliphatic rings. The zero-order chi connectivity index (χ0) is 13.4. The summed E-state index contributed by atoms with van der Waals surface area (Å²) in [6.45, 7) is 3.10. The quantitative estimate of drug-likeness (QED) is 0.875. The number of nitrogens with one attached hydrogen (secondary N) is 1. The first kappa shape index (κ1) is 12.3. The number of ether oxygens (including phenoxy) is 2. The highest BCUT2D eigenvalue weighted by molar-refractivity contribution is 5.40. The van der Waals surface area contributed by atoms with Crippen LogP contribution in [0.5, 0.6) is 0 Å². The van der Waals surface area contributed by atoms with Crippen LogP contribution in [0, 0.1) is 0 Å². The van der Waals surface area contributed by atoms with E-state index in [1.165, 1.54) is 12.8 Å². The highest BCUT2D eigenvalue weighted by Crippen LogP contribution is 2.32. The summed E-state index contributed by atoms with van der Waals surface area (Å²) in [5.74, 6) is 1.17. The van der Waals surface area contributed by atoms with Gasteiger partial charge in [-0.1, -0.05) is 0 Å². The van der Waals surface area contributed by atoms with Gasteiger partial charge in [0.15, 0.2) is 11.6 Å². The lowest BCUT2D eigenvalue weighted by Crippen LogP contribution is -2.45. The van der Waals surface area contributed by atoms with Crippen LogP contribution < -0.4 is 10.2 Å². The Morgan fingerprint density at radius 1 is 1.20 bits per heavy atom. The van der Waals surface area contributed by atoms with Crippen molar-refractivity contribution in [2.24, 2.45) is 0 Å². The number of aromatic nitrogens is 3. The fourth-order valence-electron chi connectivity index (χ4n) is 2.77. The van der Waals surface area contributed by atoms with Gasteiger partial charge >= 0.3 is 0 Å². The fraction of sp³-hybridized carbons (Fsp3) is 0.769. The van der Waals surface area contributed by atoms with Gasteiger partial charge in [0.25, 0.3) is 0 Å². The van der Waals surface area contributed by atoms with Crippen LogP contribution in [0.3, 0.4) is 0 Å². The van der Waals surface area contributed by atoms with Crippen molar-refractivity contribution in [1.29, 1.82) is 0 Å². The van der Waals surface area contributed by atoms with Crippen molar-refractivity contribution in [2.75, 3.05) is 36.5 Å². The van der Waals surface area contributed by atoms with Gasteiger partial charge in [-0.3, -0.25) is 0 Å². The molecule has 0 unspecified atom stereocenters. The average Bonchev–Trinajstić information content (AvgIpc) is 3.18. The van der Waals surface area contributed by atoms with Gasteiger partial charge in [0.2, 0.25) is 5.95 Å². The Labute approximate surface area is 117 Å². The Balaban J connectivity index is 1.42. The van der Waals surface area contributed by atoms with Crippen LogP contribution in [-0.2, 0) is 9.47 Å². The third-order valence-electron chi connectivity index (χ3n) is 4.10. The summed E-state index contributed by atoms with van der Waals surface area (Å²) in [5.41, 5.74) is 0. The number of hydrogen-bond acceptors (Lipinski definition) is 7. The number of nitrogens with zero attached hydrogens (tertiary/aromatic N) is 4. The molecule has 0 radical (unpaired) electrons. The first-order valence-electron chi connectivity index (χ1n) is 7.32. The lowest BCUT2D eigenvalue weighted by atomic mass is 10.0. The Kier molecular flexibility index (Phi) is 2.96.